The summed E-state index contributed by atoms with van der Waals surface area (Å²) in [6.07, 6.45) is 4.56. The van der Waals surface area contributed by atoms with Crippen molar-refractivity contribution in [1.29, 1.82) is 5.26 Å². The molecule has 0 saturated carbocycles. The number of nitriles is 1. The van der Waals surface area contributed by atoms with Crippen LogP contribution in [-0.2, 0) is 11.3 Å². The van der Waals surface area contributed by atoms with E-state index < -0.39 is 12.1 Å². The molecule has 1 aliphatic rings. The van der Waals surface area contributed by atoms with Crippen molar-refractivity contribution in [3.8, 4) is 16.5 Å². The fraction of sp³-hybridized carbons (Fsp3) is 0.400. The summed E-state index contributed by atoms with van der Waals surface area (Å²) in [5.41, 5.74) is 2.50. The number of carbonyl (C=O) groups is 2. The van der Waals surface area contributed by atoms with Gasteiger partial charge in [-0.05, 0) is 72.1 Å². The minimum Gasteiger partial charge on any atom is -0.388 e. The number of pyridine rings is 1. The first kappa shape index (κ1) is 33.0. The van der Waals surface area contributed by atoms with E-state index in [1.54, 1.807) is 29.2 Å². The first-order chi connectivity index (χ1) is 21.8. The molecule has 9 nitrogen and oxygen atoms in total. The lowest BCUT2D eigenvalue weighted by Crippen LogP contribution is -2.39. The average Bonchev–Trinajstić information content (AvgIpc) is 3.74. The summed E-state index contributed by atoms with van der Waals surface area (Å²) in [6, 6.07) is 13.9. The van der Waals surface area contributed by atoms with Crippen molar-refractivity contribution in [3.63, 3.8) is 0 Å². The number of hydrogen-bond donors (Lipinski definition) is 2. The normalized spacial score (nSPS) is 16.2. The first-order valence-electron chi connectivity index (χ1n) is 15.5. The van der Waals surface area contributed by atoms with Gasteiger partial charge in [0.1, 0.15) is 11.6 Å². The second-order valence-electron chi connectivity index (χ2n) is 13.3. The van der Waals surface area contributed by atoms with Crippen LogP contribution in [0, 0.1) is 28.6 Å². The quantitative estimate of drug-likeness (QED) is 0.114. The van der Waals surface area contributed by atoms with Crippen LogP contribution in [0.25, 0.3) is 21.5 Å². The maximum Gasteiger partial charge on any atom is 0.268 e. The number of nitrogens with one attached hydrogen (secondary N) is 1. The zero-order chi connectivity index (χ0) is 33.2. The zero-order valence-electron chi connectivity index (χ0n) is 26.7. The minimum absolute atomic E-state index is 0.120. The number of fused-ring (bicyclic) bond motifs is 1. The van der Waals surface area contributed by atoms with E-state index in [2.05, 4.69) is 16.4 Å². The molecule has 1 aromatic carbocycles. The number of aliphatic hydroxyl groups excluding tert-OH is 1. The zero-order valence-corrected chi connectivity index (χ0v) is 27.6. The molecular weight excluding hydrogens is 603 g/mol. The number of amides is 2. The molecule has 1 fully saturated rings. The van der Waals surface area contributed by atoms with E-state index in [0.717, 1.165) is 28.8 Å². The van der Waals surface area contributed by atoms with Crippen LogP contribution < -0.4 is 5.32 Å². The number of hydrogen-bond acceptors (Lipinski definition) is 7. The molecule has 0 aliphatic carbocycles. The van der Waals surface area contributed by atoms with Crippen LogP contribution in [0.2, 0.25) is 0 Å². The van der Waals surface area contributed by atoms with Crippen molar-refractivity contribution in [2.75, 3.05) is 11.9 Å². The van der Waals surface area contributed by atoms with E-state index in [1.807, 2.05) is 57.4 Å². The van der Waals surface area contributed by atoms with Gasteiger partial charge in [-0.1, -0.05) is 46.8 Å². The Morgan fingerprint density at radius 3 is 2.70 bits per heavy atom. The summed E-state index contributed by atoms with van der Waals surface area (Å²) in [5.74, 6) is -0.660. The van der Waals surface area contributed by atoms with Gasteiger partial charge in [-0.3, -0.25) is 14.9 Å². The third-order valence-electron chi connectivity index (χ3n) is 7.88. The molecular formula is C35H39FN6O3S. The molecule has 4 aromatic rings. The molecule has 2 atom stereocenters. The number of likely N-dealkylation sites (tertiary alicyclic amines) is 1. The SMILES string of the molecule is CC(C)CC(O)c1ccc2c(c1)nc(NC(=O)c1ccc(-c3ccnc(F)c3)s1)n2CC1CCCN1C(=O)C(C#N)=CC(C)(C)C. The fourth-order valence-corrected chi connectivity index (χ4v) is 6.68. The van der Waals surface area contributed by atoms with Gasteiger partial charge in [0.05, 0.1) is 28.1 Å². The molecule has 0 radical (unpaired) electrons. The Labute approximate surface area is 272 Å². The van der Waals surface area contributed by atoms with Crippen LogP contribution in [0.4, 0.5) is 10.3 Å². The van der Waals surface area contributed by atoms with Crippen LogP contribution in [0.15, 0.2) is 60.3 Å². The Morgan fingerprint density at radius 2 is 2.00 bits per heavy atom. The van der Waals surface area contributed by atoms with Crippen molar-refractivity contribution in [1.82, 2.24) is 19.4 Å². The van der Waals surface area contributed by atoms with Crippen molar-refractivity contribution in [3.05, 3.63) is 76.7 Å². The first-order valence-corrected chi connectivity index (χ1v) is 16.3. The lowest BCUT2D eigenvalue weighted by atomic mass is 9.93. The van der Waals surface area contributed by atoms with Gasteiger partial charge in [0.2, 0.25) is 11.9 Å². The smallest absolute Gasteiger partial charge is 0.268 e. The summed E-state index contributed by atoms with van der Waals surface area (Å²) in [5, 5.41) is 23.6. The molecule has 3 aromatic heterocycles. The second-order valence-corrected chi connectivity index (χ2v) is 14.3. The molecule has 2 amide bonds. The van der Waals surface area contributed by atoms with Gasteiger partial charge in [0, 0.05) is 30.2 Å². The third kappa shape index (κ3) is 7.52. The van der Waals surface area contributed by atoms with Gasteiger partial charge < -0.3 is 14.6 Å². The Balaban J connectivity index is 1.48. The van der Waals surface area contributed by atoms with E-state index in [9.17, 15) is 24.3 Å². The van der Waals surface area contributed by atoms with Crippen LogP contribution in [0.3, 0.4) is 0 Å². The van der Waals surface area contributed by atoms with E-state index in [4.69, 9.17) is 4.98 Å². The third-order valence-corrected chi connectivity index (χ3v) is 9.01. The number of aromatic nitrogens is 3. The van der Waals surface area contributed by atoms with Crippen LogP contribution in [-0.4, -0.2) is 48.9 Å². The highest BCUT2D eigenvalue weighted by atomic mass is 32.1. The predicted molar refractivity (Wildman–Crippen MR) is 177 cm³/mol. The number of imidazole rings is 1. The molecule has 1 saturated heterocycles. The van der Waals surface area contributed by atoms with E-state index in [0.29, 0.717) is 47.3 Å². The summed E-state index contributed by atoms with van der Waals surface area (Å²) >= 11 is 1.23. The number of anilines is 1. The molecule has 46 heavy (non-hydrogen) atoms. The average molecular weight is 643 g/mol. The molecule has 240 valence electrons. The van der Waals surface area contributed by atoms with E-state index in [1.165, 1.54) is 23.6 Å². The Kier molecular flexibility index (Phi) is 9.70. The number of carbonyl (C=O) groups excluding carboxylic acids is 2. The Morgan fingerprint density at radius 1 is 1.22 bits per heavy atom. The van der Waals surface area contributed by atoms with E-state index in [-0.39, 0.29) is 28.8 Å². The van der Waals surface area contributed by atoms with Crippen molar-refractivity contribution in [2.45, 2.75) is 72.6 Å². The minimum atomic E-state index is -0.655. The number of allylic oxidation sites excluding steroid dienone is 1. The molecule has 0 bridgehead atoms. The van der Waals surface area contributed by atoms with Crippen molar-refractivity contribution in [2.24, 2.45) is 11.3 Å². The van der Waals surface area contributed by atoms with Crippen LogP contribution >= 0.6 is 11.3 Å². The number of benzene rings is 1. The molecule has 4 heterocycles. The number of rotatable bonds is 9. The molecule has 1 aliphatic heterocycles. The number of nitrogens with zero attached hydrogens (tertiary/aromatic N) is 5. The van der Waals surface area contributed by atoms with Gasteiger partial charge in [-0.15, -0.1) is 11.3 Å². The molecule has 0 spiro atoms. The van der Waals surface area contributed by atoms with Gasteiger partial charge >= 0.3 is 0 Å². The van der Waals surface area contributed by atoms with Gasteiger partial charge in [0.15, 0.2) is 0 Å². The number of thiophene rings is 1. The van der Waals surface area contributed by atoms with Gasteiger partial charge in [-0.25, -0.2) is 9.97 Å². The van der Waals surface area contributed by atoms with E-state index >= 15 is 0 Å². The predicted octanol–water partition coefficient (Wildman–Crippen LogP) is 7.12. The van der Waals surface area contributed by atoms with Crippen LogP contribution in [0.5, 0.6) is 0 Å². The molecule has 11 heteroatoms. The van der Waals surface area contributed by atoms with Gasteiger partial charge in [0.25, 0.3) is 11.8 Å². The molecule has 2 unspecified atom stereocenters. The summed E-state index contributed by atoms with van der Waals surface area (Å²) in [4.78, 5) is 38.4. The molecule has 5 rings (SSSR count). The maximum atomic E-state index is 13.7. The van der Waals surface area contributed by atoms with Gasteiger partial charge in [-0.2, -0.15) is 9.65 Å². The summed E-state index contributed by atoms with van der Waals surface area (Å²) in [6.45, 7) is 10.8. The standard InChI is InChI=1S/C35H39FN6O3S/c1-21(2)15-28(43)22-8-9-27-26(16-22)39-34(40-32(44)30-11-10-29(46-30)23-12-13-38-31(36)17-23)42(27)20-25-7-6-14-41(25)33(45)24(19-37)18-35(3,4)5/h8-13,16-18,21,25,28,43H,6-7,14-15,20H2,1-5H3,(H,39,40,44). The molecule has 2 N–H and O–H groups in total. The highest BCUT2D eigenvalue weighted by Gasteiger charge is 2.33. The Bertz CT molecular complexity index is 1830. The maximum absolute atomic E-state index is 13.7. The largest absolute Gasteiger partial charge is 0.388 e. The lowest BCUT2D eigenvalue weighted by molar-refractivity contribution is -0.127. The lowest BCUT2D eigenvalue weighted by Gasteiger charge is -2.26. The number of aliphatic hydroxyl groups is 1. The second kappa shape index (κ2) is 13.5. The highest BCUT2D eigenvalue weighted by molar-refractivity contribution is 7.17. The summed E-state index contributed by atoms with van der Waals surface area (Å²) < 4.78 is 15.6. The summed E-state index contributed by atoms with van der Waals surface area (Å²) in [7, 11) is 0. The monoisotopic (exact) mass is 642 g/mol. The van der Waals surface area contributed by atoms with Crippen LogP contribution in [0.1, 0.15) is 75.2 Å². The highest BCUT2D eigenvalue weighted by Crippen LogP contribution is 2.32. The number of halogens is 1. The Hall–Kier alpha value is -4.40. The topological polar surface area (TPSA) is 124 Å². The van der Waals surface area contributed by atoms with Crippen molar-refractivity contribution >= 4 is 40.1 Å². The van der Waals surface area contributed by atoms with Crippen molar-refractivity contribution < 1.29 is 19.1 Å². The fourth-order valence-electron chi connectivity index (χ4n) is 5.78.